The number of anilines is 1. The highest BCUT2D eigenvalue weighted by Gasteiger charge is 2.22. The Kier molecular flexibility index (Phi) is 8.42. The minimum Gasteiger partial charge on any atom is -0.449 e. The van der Waals surface area contributed by atoms with Crippen LogP contribution in [0.2, 0.25) is 0 Å². The van der Waals surface area contributed by atoms with Crippen LogP contribution in [0.3, 0.4) is 0 Å². The summed E-state index contributed by atoms with van der Waals surface area (Å²) in [5, 5.41) is 7.07. The molecule has 0 fully saturated rings. The van der Waals surface area contributed by atoms with Gasteiger partial charge in [0.15, 0.2) is 6.10 Å². The number of esters is 1. The zero-order valence-corrected chi connectivity index (χ0v) is 17.7. The van der Waals surface area contributed by atoms with E-state index in [9.17, 15) is 19.2 Å². The van der Waals surface area contributed by atoms with Crippen LogP contribution < -0.4 is 16.0 Å². The summed E-state index contributed by atoms with van der Waals surface area (Å²) in [6, 6.07) is 13.4. The number of carbonyl (C=O) groups is 4. The topological polar surface area (TPSA) is 114 Å². The summed E-state index contributed by atoms with van der Waals surface area (Å²) >= 11 is 1.18. The molecule has 0 aliphatic rings. The van der Waals surface area contributed by atoms with Crippen LogP contribution in [-0.4, -0.2) is 42.7 Å². The number of benzene rings is 2. The van der Waals surface area contributed by atoms with Crippen molar-refractivity contribution in [1.29, 1.82) is 0 Å². The number of hydrogen-bond donors (Lipinski definition) is 3. The van der Waals surface area contributed by atoms with E-state index in [0.29, 0.717) is 10.6 Å². The van der Waals surface area contributed by atoms with Gasteiger partial charge in [-0.15, -0.1) is 11.8 Å². The quantitative estimate of drug-likeness (QED) is 0.461. The molecule has 0 radical (unpaired) electrons. The van der Waals surface area contributed by atoms with Gasteiger partial charge >= 0.3 is 12.0 Å². The van der Waals surface area contributed by atoms with Gasteiger partial charge in [-0.3, -0.25) is 14.9 Å². The molecule has 0 bridgehead atoms. The first-order valence-corrected chi connectivity index (χ1v) is 10.1. The molecule has 2 rings (SSSR count). The van der Waals surface area contributed by atoms with Crippen molar-refractivity contribution in [3.8, 4) is 0 Å². The van der Waals surface area contributed by atoms with Crippen LogP contribution in [-0.2, 0) is 14.3 Å². The first-order valence-electron chi connectivity index (χ1n) is 9.12. The van der Waals surface area contributed by atoms with Crippen LogP contribution in [0, 0.1) is 6.92 Å². The highest BCUT2D eigenvalue weighted by atomic mass is 32.2. The Labute approximate surface area is 178 Å². The van der Waals surface area contributed by atoms with Crippen LogP contribution in [0.15, 0.2) is 53.4 Å². The van der Waals surface area contributed by atoms with Crippen LogP contribution in [0.25, 0.3) is 0 Å². The second kappa shape index (κ2) is 11.0. The van der Waals surface area contributed by atoms with E-state index in [1.54, 1.807) is 24.3 Å². The number of ether oxygens (including phenoxy) is 1. The van der Waals surface area contributed by atoms with Crippen molar-refractivity contribution in [1.82, 2.24) is 10.6 Å². The summed E-state index contributed by atoms with van der Waals surface area (Å²) in [7, 11) is 1.36. The fourth-order valence-electron chi connectivity index (χ4n) is 2.29. The lowest BCUT2D eigenvalue weighted by Gasteiger charge is -2.14. The molecule has 1 atom stereocenters. The molecule has 2 aromatic rings. The normalized spacial score (nSPS) is 11.2. The lowest BCUT2D eigenvalue weighted by atomic mass is 10.2. The molecule has 0 aliphatic carbocycles. The van der Waals surface area contributed by atoms with Crippen molar-refractivity contribution >= 4 is 41.3 Å². The lowest BCUT2D eigenvalue weighted by Crippen LogP contribution is -2.43. The number of urea groups is 1. The van der Waals surface area contributed by atoms with E-state index < -0.39 is 24.0 Å². The van der Waals surface area contributed by atoms with Gasteiger partial charge in [0.05, 0.1) is 11.3 Å². The largest absolute Gasteiger partial charge is 0.449 e. The molecule has 4 amide bonds. The van der Waals surface area contributed by atoms with Crippen LogP contribution in [0.4, 0.5) is 10.5 Å². The fraction of sp³-hybridized carbons (Fsp3) is 0.238. The molecule has 0 heterocycles. The van der Waals surface area contributed by atoms with Crippen molar-refractivity contribution in [2.24, 2.45) is 0 Å². The van der Waals surface area contributed by atoms with E-state index in [0.717, 1.165) is 5.56 Å². The Morgan fingerprint density at radius 2 is 1.70 bits per heavy atom. The predicted molar refractivity (Wildman–Crippen MR) is 114 cm³/mol. The maximum Gasteiger partial charge on any atom is 0.340 e. The second-order valence-corrected chi connectivity index (χ2v) is 7.33. The standard InChI is InChI=1S/C21H23N3O5S/c1-13-8-10-15(11-9-13)23-18(25)12-30-17-7-5-4-6-16(17)20(27)29-14(2)19(26)24-21(28)22-3/h4-11,14H,12H2,1-3H3,(H,23,25)(H2,22,24,26,28). The van der Waals surface area contributed by atoms with Crippen LogP contribution in [0.5, 0.6) is 0 Å². The maximum atomic E-state index is 12.5. The number of imide groups is 1. The molecule has 0 aliphatic heterocycles. The van der Waals surface area contributed by atoms with E-state index in [2.05, 4.69) is 10.6 Å². The fourth-order valence-corrected chi connectivity index (χ4v) is 3.13. The zero-order chi connectivity index (χ0) is 22.1. The van der Waals surface area contributed by atoms with Crippen LogP contribution >= 0.6 is 11.8 Å². The summed E-state index contributed by atoms with van der Waals surface area (Å²) in [5.41, 5.74) is 2.01. The first-order chi connectivity index (χ1) is 14.3. The Hall–Kier alpha value is -3.33. The summed E-state index contributed by atoms with van der Waals surface area (Å²) in [6.07, 6.45) is -1.17. The van der Waals surface area contributed by atoms with Crippen molar-refractivity contribution in [3.63, 3.8) is 0 Å². The zero-order valence-electron chi connectivity index (χ0n) is 16.9. The van der Waals surface area contributed by atoms with E-state index in [-0.39, 0.29) is 17.2 Å². The molecule has 3 N–H and O–H groups in total. The highest BCUT2D eigenvalue weighted by Crippen LogP contribution is 2.24. The SMILES string of the molecule is CNC(=O)NC(=O)C(C)OC(=O)c1ccccc1SCC(=O)Nc1ccc(C)cc1. The van der Waals surface area contributed by atoms with Gasteiger partial charge in [0, 0.05) is 17.6 Å². The Bertz CT molecular complexity index is 930. The molecule has 0 saturated heterocycles. The predicted octanol–water partition coefficient (Wildman–Crippen LogP) is 2.73. The van der Waals surface area contributed by atoms with Gasteiger partial charge in [-0.1, -0.05) is 29.8 Å². The molecule has 8 nitrogen and oxygen atoms in total. The minimum absolute atomic E-state index is 0.0882. The molecular formula is C21H23N3O5S. The summed E-state index contributed by atoms with van der Waals surface area (Å²) in [6.45, 7) is 3.32. The van der Waals surface area contributed by atoms with Gasteiger partial charge in [-0.2, -0.15) is 0 Å². The second-order valence-electron chi connectivity index (χ2n) is 6.31. The third-order valence-corrected chi connectivity index (χ3v) is 4.99. The molecule has 30 heavy (non-hydrogen) atoms. The Morgan fingerprint density at radius 1 is 1.03 bits per heavy atom. The molecular weight excluding hydrogens is 406 g/mol. The number of aryl methyl sites for hydroxylation is 1. The monoisotopic (exact) mass is 429 g/mol. The van der Waals surface area contributed by atoms with Gasteiger partial charge in [-0.05, 0) is 38.1 Å². The Morgan fingerprint density at radius 3 is 2.37 bits per heavy atom. The Balaban J connectivity index is 1.96. The molecule has 2 aromatic carbocycles. The third kappa shape index (κ3) is 6.93. The van der Waals surface area contributed by atoms with E-state index in [1.165, 1.54) is 25.7 Å². The maximum absolute atomic E-state index is 12.5. The van der Waals surface area contributed by atoms with Crippen molar-refractivity contribution < 1.29 is 23.9 Å². The number of carbonyl (C=O) groups excluding carboxylic acids is 4. The molecule has 0 aromatic heterocycles. The third-order valence-electron chi connectivity index (χ3n) is 3.92. The molecule has 0 saturated carbocycles. The van der Waals surface area contributed by atoms with Gasteiger partial charge in [0.1, 0.15) is 0 Å². The molecule has 158 valence electrons. The number of thioether (sulfide) groups is 1. The molecule has 9 heteroatoms. The summed E-state index contributed by atoms with van der Waals surface area (Å²) < 4.78 is 5.15. The lowest BCUT2D eigenvalue weighted by molar-refractivity contribution is -0.127. The molecule has 1 unspecified atom stereocenters. The minimum atomic E-state index is -1.17. The van der Waals surface area contributed by atoms with Crippen molar-refractivity contribution in [3.05, 3.63) is 59.7 Å². The van der Waals surface area contributed by atoms with E-state index >= 15 is 0 Å². The highest BCUT2D eigenvalue weighted by molar-refractivity contribution is 8.00. The smallest absolute Gasteiger partial charge is 0.340 e. The van der Waals surface area contributed by atoms with E-state index in [4.69, 9.17) is 4.74 Å². The van der Waals surface area contributed by atoms with Crippen molar-refractivity contribution in [2.45, 2.75) is 24.8 Å². The summed E-state index contributed by atoms with van der Waals surface area (Å²) in [4.78, 5) is 48.3. The number of amides is 4. The van der Waals surface area contributed by atoms with Gasteiger partial charge in [-0.25, -0.2) is 9.59 Å². The van der Waals surface area contributed by atoms with Gasteiger partial charge < -0.3 is 15.4 Å². The number of nitrogens with one attached hydrogen (secondary N) is 3. The summed E-state index contributed by atoms with van der Waals surface area (Å²) in [5.74, 6) is -1.60. The van der Waals surface area contributed by atoms with Gasteiger partial charge in [0.25, 0.3) is 5.91 Å². The average Bonchev–Trinajstić information content (AvgIpc) is 2.73. The first kappa shape index (κ1) is 23.0. The van der Waals surface area contributed by atoms with Crippen molar-refractivity contribution in [2.75, 3.05) is 18.1 Å². The van der Waals surface area contributed by atoms with Crippen LogP contribution in [0.1, 0.15) is 22.8 Å². The van der Waals surface area contributed by atoms with Gasteiger partial charge in [0.2, 0.25) is 5.91 Å². The average molecular weight is 429 g/mol. The molecule has 0 spiro atoms. The number of hydrogen-bond acceptors (Lipinski definition) is 6. The number of rotatable bonds is 7. The van der Waals surface area contributed by atoms with E-state index in [1.807, 2.05) is 36.5 Å².